The van der Waals surface area contributed by atoms with Crippen molar-refractivity contribution in [1.29, 1.82) is 0 Å². The zero-order chi connectivity index (χ0) is 19.5. The Morgan fingerprint density at radius 1 is 0.786 bits per heavy atom. The van der Waals surface area contributed by atoms with Crippen molar-refractivity contribution in [2.24, 2.45) is 0 Å². The van der Waals surface area contributed by atoms with Gasteiger partial charge in [-0.3, -0.25) is 4.57 Å². The van der Waals surface area contributed by atoms with Crippen LogP contribution in [0.4, 0.5) is 0 Å². The number of rotatable bonds is 5. The maximum atomic E-state index is 4.54. The molecule has 4 rings (SSSR count). The second-order valence-electron chi connectivity index (χ2n) is 7.05. The number of nitrogens with zero attached hydrogens (tertiary/aromatic N) is 3. The number of benzene rings is 3. The fourth-order valence-corrected chi connectivity index (χ4v) is 4.08. The lowest BCUT2D eigenvalue weighted by Gasteiger charge is -2.12. The first-order valence-corrected chi connectivity index (χ1v) is 10.4. The van der Waals surface area contributed by atoms with Crippen molar-refractivity contribution in [2.75, 3.05) is 0 Å². The largest absolute Gasteiger partial charge is 0.270 e. The second-order valence-corrected chi connectivity index (χ2v) is 8.00. The van der Waals surface area contributed by atoms with E-state index in [-0.39, 0.29) is 0 Å². The number of aromatic nitrogens is 3. The highest BCUT2D eigenvalue weighted by Gasteiger charge is 2.16. The van der Waals surface area contributed by atoms with Gasteiger partial charge in [-0.2, -0.15) is 0 Å². The molecule has 0 aliphatic carbocycles. The third-order valence-corrected chi connectivity index (χ3v) is 5.86. The van der Waals surface area contributed by atoms with Gasteiger partial charge < -0.3 is 0 Å². The molecule has 0 spiro atoms. The Bertz CT molecular complexity index is 1100. The third kappa shape index (κ3) is 3.87. The molecule has 3 aromatic carbocycles. The molecule has 0 fully saturated rings. The molecule has 0 aliphatic rings. The van der Waals surface area contributed by atoms with Crippen molar-refractivity contribution in [3.8, 4) is 17.1 Å². The van der Waals surface area contributed by atoms with E-state index < -0.39 is 0 Å². The van der Waals surface area contributed by atoms with Crippen LogP contribution in [-0.2, 0) is 5.75 Å². The number of hydrogen-bond acceptors (Lipinski definition) is 3. The summed E-state index contributed by atoms with van der Waals surface area (Å²) < 4.78 is 2.17. The van der Waals surface area contributed by atoms with Gasteiger partial charge in [0.15, 0.2) is 11.0 Å². The minimum atomic E-state index is 0.861. The Hall–Kier alpha value is -2.85. The van der Waals surface area contributed by atoms with Crippen molar-refractivity contribution in [1.82, 2.24) is 14.8 Å². The van der Waals surface area contributed by atoms with E-state index in [1.54, 1.807) is 11.8 Å². The summed E-state index contributed by atoms with van der Waals surface area (Å²) >= 11 is 1.72. The second kappa shape index (κ2) is 8.03. The van der Waals surface area contributed by atoms with Crippen molar-refractivity contribution in [3.05, 3.63) is 95.1 Å². The molecule has 1 heterocycles. The summed E-state index contributed by atoms with van der Waals surface area (Å²) in [5, 5.41) is 9.98. The van der Waals surface area contributed by atoms with Crippen LogP contribution in [0.2, 0.25) is 0 Å². The first-order chi connectivity index (χ1) is 13.6. The van der Waals surface area contributed by atoms with Crippen LogP contribution in [0.3, 0.4) is 0 Å². The highest BCUT2D eigenvalue weighted by molar-refractivity contribution is 7.98. The average molecular weight is 386 g/mol. The van der Waals surface area contributed by atoms with Crippen molar-refractivity contribution in [2.45, 2.75) is 31.7 Å². The van der Waals surface area contributed by atoms with E-state index in [2.05, 4.69) is 90.1 Å². The van der Waals surface area contributed by atoms with Gasteiger partial charge in [-0.25, -0.2) is 0 Å². The Kier molecular flexibility index (Phi) is 5.31. The summed E-state index contributed by atoms with van der Waals surface area (Å²) in [7, 11) is 0. The molecule has 0 unspecified atom stereocenters. The third-order valence-electron chi connectivity index (χ3n) is 4.86. The highest BCUT2D eigenvalue weighted by Crippen LogP contribution is 2.30. The molecule has 0 aliphatic heterocycles. The van der Waals surface area contributed by atoms with Crippen LogP contribution < -0.4 is 0 Å². The number of aryl methyl sites for hydroxylation is 3. The van der Waals surface area contributed by atoms with Crippen LogP contribution in [0.1, 0.15) is 22.3 Å². The van der Waals surface area contributed by atoms with Gasteiger partial charge in [-0.05, 0) is 49.6 Å². The van der Waals surface area contributed by atoms with E-state index in [0.717, 1.165) is 28.0 Å². The zero-order valence-corrected chi connectivity index (χ0v) is 17.2. The first-order valence-electron chi connectivity index (χ1n) is 9.38. The molecule has 0 amide bonds. The van der Waals surface area contributed by atoms with Crippen LogP contribution in [0.5, 0.6) is 0 Å². The molecule has 4 heteroatoms. The molecule has 1 aromatic heterocycles. The molecule has 0 atom stereocenters. The van der Waals surface area contributed by atoms with Gasteiger partial charge in [0.05, 0.1) is 5.69 Å². The lowest BCUT2D eigenvalue weighted by atomic mass is 10.1. The van der Waals surface area contributed by atoms with Gasteiger partial charge >= 0.3 is 0 Å². The van der Waals surface area contributed by atoms with Crippen LogP contribution in [0.15, 0.2) is 78.0 Å². The molecule has 3 nitrogen and oxygen atoms in total. The van der Waals surface area contributed by atoms with Gasteiger partial charge in [-0.1, -0.05) is 78.0 Å². The fourth-order valence-electron chi connectivity index (χ4n) is 3.18. The van der Waals surface area contributed by atoms with E-state index in [0.29, 0.717) is 0 Å². The summed E-state index contributed by atoms with van der Waals surface area (Å²) in [6, 6.07) is 25.4. The van der Waals surface area contributed by atoms with Crippen LogP contribution in [0, 0.1) is 20.8 Å². The molecule has 0 N–H and O–H groups in total. The molecule has 4 aromatic rings. The van der Waals surface area contributed by atoms with Crippen molar-refractivity contribution >= 4 is 11.8 Å². The maximum Gasteiger partial charge on any atom is 0.196 e. The number of hydrogen-bond donors (Lipinski definition) is 0. The van der Waals surface area contributed by atoms with Crippen molar-refractivity contribution in [3.63, 3.8) is 0 Å². The molecule has 28 heavy (non-hydrogen) atoms. The SMILES string of the molecule is Cc1cccc(CSc2nnc(-c3ccccc3)n2-c2ccc(C)c(C)c2)c1. The highest BCUT2D eigenvalue weighted by atomic mass is 32.2. The standard InChI is InChI=1S/C24H23N3S/c1-17-8-7-9-20(14-17)16-28-24-26-25-23(21-10-5-4-6-11-21)27(24)22-13-12-18(2)19(3)15-22/h4-15H,16H2,1-3H3. The van der Waals surface area contributed by atoms with Gasteiger partial charge in [0.1, 0.15) is 0 Å². The van der Waals surface area contributed by atoms with Gasteiger partial charge in [-0.15, -0.1) is 10.2 Å². The molecule has 0 saturated heterocycles. The lowest BCUT2D eigenvalue weighted by Crippen LogP contribution is -2.01. The molecular weight excluding hydrogens is 362 g/mol. The smallest absolute Gasteiger partial charge is 0.196 e. The quantitative estimate of drug-likeness (QED) is 0.386. The monoisotopic (exact) mass is 385 g/mol. The van der Waals surface area contributed by atoms with E-state index >= 15 is 0 Å². The molecule has 0 bridgehead atoms. The van der Waals surface area contributed by atoms with Gasteiger partial charge in [0.25, 0.3) is 0 Å². The van der Waals surface area contributed by atoms with E-state index in [1.165, 1.54) is 22.3 Å². The van der Waals surface area contributed by atoms with Crippen molar-refractivity contribution < 1.29 is 0 Å². The average Bonchev–Trinajstić information content (AvgIpc) is 3.13. The molecule has 0 saturated carbocycles. The summed E-state index contributed by atoms with van der Waals surface area (Å²) in [6.45, 7) is 6.40. The van der Waals surface area contributed by atoms with Gasteiger partial charge in [0, 0.05) is 11.3 Å². The number of thioether (sulfide) groups is 1. The van der Waals surface area contributed by atoms with Gasteiger partial charge in [0.2, 0.25) is 0 Å². The fraction of sp³-hybridized carbons (Fsp3) is 0.167. The van der Waals surface area contributed by atoms with E-state index in [1.807, 2.05) is 18.2 Å². The van der Waals surface area contributed by atoms with Crippen LogP contribution >= 0.6 is 11.8 Å². The molecule has 0 radical (unpaired) electrons. The Morgan fingerprint density at radius 2 is 1.61 bits per heavy atom. The first kappa shape index (κ1) is 18.5. The Labute approximate surface area is 170 Å². The van der Waals surface area contributed by atoms with Crippen LogP contribution in [0.25, 0.3) is 17.1 Å². The lowest BCUT2D eigenvalue weighted by molar-refractivity contribution is 0.884. The minimum Gasteiger partial charge on any atom is -0.270 e. The molecule has 140 valence electrons. The maximum absolute atomic E-state index is 4.54. The Balaban J connectivity index is 1.75. The summed E-state index contributed by atoms with van der Waals surface area (Å²) in [6.07, 6.45) is 0. The predicted molar refractivity (Wildman–Crippen MR) is 117 cm³/mol. The van der Waals surface area contributed by atoms with Crippen LogP contribution in [-0.4, -0.2) is 14.8 Å². The normalized spacial score (nSPS) is 11.0. The zero-order valence-electron chi connectivity index (χ0n) is 16.4. The minimum absolute atomic E-state index is 0.861. The topological polar surface area (TPSA) is 30.7 Å². The summed E-state index contributed by atoms with van der Waals surface area (Å²) in [5.74, 6) is 1.73. The predicted octanol–water partition coefficient (Wildman–Crippen LogP) is 6.15. The van der Waals surface area contributed by atoms with E-state index in [4.69, 9.17) is 0 Å². The molecular formula is C24H23N3S. The van der Waals surface area contributed by atoms with E-state index in [9.17, 15) is 0 Å². The summed E-state index contributed by atoms with van der Waals surface area (Å²) in [5.41, 5.74) is 7.28. The summed E-state index contributed by atoms with van der Waals surface area (Å²) in [4.78, 5) is 0. The Morgan fingerprint density at radius 3 is 2.36 bits per heavy atom.